The Hall–Kier alpha value is -13.3. The molecule has 4 fully saturated rings. The number of rotatable bonds is 11. The maximum absolute atomic E-state index is 13.1. The first-order valence-electron chi connectivity index (χ1n) is 43.3. The Labute approximate surface area is 869 Å². The summed E-state index contributed by atoms with van der Waals surface area (Å²) in [4.78, 5) is 49.6. The minimum atomic E-state index is -4.87. The van der Waals surface area contributed by atoms with E-state index in [9.17, 15) is 55.2 Å². The Morgan fingerprint density at radius 2 is 0.825 bits per heavy atom. The first-order valence-corrected chi connectivity index (χ1v) is 48.3. The minimum Gasteiger partial charge on any atom is -0.504 e. The highest BCUT2D eigenvalue weighted by Gasteiger charge is 2.53. The van der Waals surface area contributed by atoms with Gasteiger partial charge in [-0.15, -0.1) is 23.2 Å². The predicted molar refractivity (Wildman–Crippen MR) is 545 cm³/mol. The van der Waals surface area contributed by atoms with Crippen LogP contribution in [0, 0.1) is 39.8 Å². The zero-order valence-corrected chi connectivity index (χ0v) is 86.3. The zero-order valence-electron chi connectivity index (χ0n) is 76.9. The second-order valence-electron chi connectivity index (χ2n) is 31.2. The van der Waals surface area contributed by atoms with Gasteiger partial charge in [-0.05, 0) is 239 Å². The molecule has 37 heteroatoms. The number of piperidine rings is 2. The fourth-order valence-corrected chi connectivity index (χ4v) is 18.3. The van der Waals surface area contributed by atoms with E-state index < -0.39 is 60.1 Å². The number of phenols is 1. The number of aromatic carboxylic acids is 1. The van der Waals surface area contributed by atoms with Gasteiger partial charge in [0, 0.05) is 75.4 Å². The highest BCUT2D eigenvalue weighted by atomic mass is 79.9. The van der Waals surface area contributed by atoms with Crippen molar-refractivity contribution in [2.75, 3.05) is 54.6 Å². The molecule has 23 nitrogen and oxygen atoms in total. The third-order valence-electron chi connectivity index (χ3n) is 22.6. The molecule has 19 rings (SSSR count). The van der Waals surface area contributed by atoms with E-state index in [2.05, 4.69) is 91.8 Å². The van der Waals surface area contributed by atoms with Crippen molar-refractivity contribution in [2.45, 2.75) is 94.8 Å². The molecule has 2 amide bonds. The topological polar surface area (TPSA) is 312 Å². The maximum atomic E-state index is 13.1. The fraction of sp³-hybridized carbons (Fsp3) is 0.217. The molecule has 6 aliphatic heterocycles. The van der Waals surface area contributed by atoms with E-state index in [1.165, 1.54) is 39.5 Å². The fourth-order valence-electron chi connectivity index (χ4n) is 16.6. The van der Waals surface area contributed by atoms with Crippen molar-refractivity contribution < 1.29 is 112 Å². The van der Waals surface area contributed by atoms with Crippen molar-refractivity contribution in [3.05, 3.63) is 331 Å². The Morgan fingerprint density at radius 3 is 1.27 bits per heavy atom. The normalized spacial score (nSPS) is 14.9. The summed E-state index contributed by atoms with van der Waals surface area (Å²) in [6, 6.07) is 72.3. The summed E-state index contributed by atoms with van der Waals surface area (Å²) in [7, 11) is 9.29. The molecule has 1 aromatic heterocycles. The lowest BCUT2D eigenvalue weighted by Gasteiger charge is -2.38. The van der Waals surface area contributed by atoms with Crippen LogP contribution >= 0.6 is 103 Å². The van der Waals surface area contributed by atoms with Crippen molar-refractivity contribution in [1.82, 2.24) is 9.80 Å². The average molecular weight is 2320 g/mol. The maximum Gasteiger partial charge on any atom is 0.471 e. The number of benzene rings is 12. The molecule has 143 heavy (non-hydrogen) atoms. The first-order chi connectivity index (χ1) is 68.6. The van der Waals surface area contributed by atoms with Gasteiger partial charge < -0.3 is 76.9 Å². The van der Waals surface area contributed by atoms with Crippen LogP contribution in [0.25, 0.3) is 33.1 Å². The number of phenolic OH excluding ortho intramolecular Hbond substituents is 1. The summed E-state index contributed by atoms with van der Waals surface area (Å²) < 4.78 is 156. The number of fused-ring (bicyclic) bond motifs is 10. The predicted octanol–water partition coefficient (Wildman–Crippen LogP) is 28.3. The number of aliphatic hydroxyl groups excluding tert-OH is 1. The summed E-state index contributed by atoms with van der Waals surface area (Å²) in [5, 5.41) is 53.6. The first kappa shape index (κ1) is 110. The van der Waals surface area contributed by atoms with Gasteiger partial charge in [0.05, 0.1) is 81.5 Å². The second-order valence-corrected chi connectivity index (χ2v) is 36.6. The molecule has 742 valence electrons. The van der Waals surface area contributed by atoms with Gasteiger partial charge in [-0.1, -0.05) is 158 Å². The smallest absolute Gasteiger partial charge is 0.471 e. The SMILES string of the molecule is CCO.COc1cccc2c(=O)c3ccc(Br)cc3oc12.COc1cccc2c1Oc1cc(Br)ccc1C2=C1CC2CCC(C1)N2C(=O)C(F)(F)F.COc1cccc2c1Oc1cc(C#N)ccc1C2=C1CC2CCC(C1)N2C(=O)C(F)(F)F.COc1ccccc1O.COc1ccccc1Oc1cc(Br)ccc1C#N.COc1ccccc1Oc1cc(Br)ccc1C(=O)O.ClCCl.N#Cc1ccc(Br)cc1F. The van der Waals surface area contributed by atoms with Crippen LogP contribution in [-0.2, 0) is 9.59 Å². The monoisotopic (exact) mass is 2320 g/mol. The number of methoxy groups -OCH3 is 6. The van der Waals surface area contributed by atoms with E-state index >= 15 is 0 Å². The van der Waals surface area contributed by atoms with Gasteiger partial charge >= 0.3 is 30.1 Å². The van der Waals surface area contributed by atoms with Crippen LogP contribution in [-0.4, -0.2) is 134 Å². The molecule has 4 saturated heterocycles. The molecule has 0 spiro atoms. The number of aromatic hydroxyl groups is 1. The van der Waals surface area contributed by atoms with Crippen molar-refractivity contribution in [1.29, 1.82) is 15.8 Å². The number of halogens is 14. The number of carbonyl (C=O) groups excluding carboxylic acids is 2. The number of alkyl halides is 8. The molecule has 4 unspecified atom stereocenters. The lowest BCUT2D eigenvalue weighted by Crippen LogP contribution is -2.50. The summed E-state index contributed by atoms with van der Waals surface area (Å²) in [6.07, 6.45) is -5.90. The lowest BCUT2D eigenvalue weighted by molar-refractivity contribution is -0.189. The Bertz CT molecular complexity index is 7060. The van der Waals surface area contributed by atoms with Gasteiger partial charge in [0.1, 0.15) is 52.1 Å². The van der Waals surface area contributed by atoms with Crippen LogP contribution in [0.15, 0.2) is 279 Å². The summed E-state index contributed by atoms with van der Waals surface area (Å²) >= 11 is 26.1. The van der Waals surface area contributed by atoms with E-state index in [0.29, 0.717) is 164 Å². The number of carbonyl (C=O) groups is 3. The van der Waals surface area contributed by atoms with Crippen LogP contribution in [0.2, 0.25) is 0 Å². The van der Waals surface area contributed by atoms with Crippen LogP contribution in [0.5, 0.6) is 86.2 Å². The molecule has 7 heterocycles. The van der Waals surface area contributed by atoms with Crippen molar-refractivity contribution >= 4 is 154 Å². The highest BCUT2D eigenvalue weighted by molar-refractivity contribution is 9.11. The van der Waals surface area contributed by atoms with E-state index in [4.69, 9.17) is 101 Å². The Kier molecular flexibility index (Phi) is 39.3. The molecular formula is C106H87Br5Cl2F7N5O18. The van der Waals surface area contributed by atoms with Gasteiger partial charge in [0.15, 0.2) is 68.8 Å². The number of amides is 2. The van der Waals surface area contributed by atoms with E-state index in [1.807, 2.05) is 78.9 Å². The van der Waals surface area contributed by atoms with Gasteiger partial charge in [-0.3, -0.25) is 14.4 Å². The van der Waals surface area contributed by atoms with E-state index in [0.717, 1.165) is 72.2 Å². The van der Waals surface area contributed by atoms with Gasteiger partial charge in [-0.2, -0.15) is 42.1 Å². The number of hydrogen-bond donors (Lipinski definition) is 3. The molecule has 6 aliphatic rings. The quantitative estimate of drug-likeness (QED) is 0.0615. The van der Waals surface area contributed by atoms with Gasteiger partial charge in [0.25, 0.3) is 0 Å². The summed E-state index contributed by atoms with van der Waals surface area (Å²) in [5.41, 5.74) is 9.32. The molecule has 0 radical (unpaired) electrons. The number of aliphatic hydroxyl groups is 1. The van der Waals surface area contributed by atoms with Crippen LogP contribution in [0.3, 0.4) is 0 Å². The third kappa shape index (κ3) is 27.2. The Morgan fingerprint density at radius 1 is 0.441 bits per heavy atom. The lowest BCUT2D eigenvalue weighted by atomic mass is 9.83. The van der Waals surface area contributed by atoms with Crippen LogP contribution in [0.1, 0.15) is 108 Å². The second kappa shape index (κ2) is 51.1. The largest absolute Gasteiger partial charge is 0.504 e. The van der Waals surface area contributed by atoms with Gasteiger partial charge in [-0.25, -0.2) is 9.18 Å². The molecule has 0 saturated carbocycles. The summed E-state index contributed by atoms with van der Waals surface area (Å²) in [5.74, 6) is 2.61. The van der Waals surface area contributed by atoms with Crippen molar-refractivity contribution in [3.63, 3.8) is 0 Å². The third-order valence-corrected chi connectivity index (χ3v) is 25.0. The highest BCUT2D eigenvalue weighted by Crippen LogP contribution is 2.56. The van der Waals surface area contributed by atoms with E-state index in [-0.39, 0.29) is 40.0 Å². The number of para-hydroxylation sites is 9. The van der Waals surface area contributed by atoms with Crippen molar-refractivity contribution in [2.24, 2.45) is 0 Å². The Balaban J connectivity index is 0.000000163. The zero-order chi connectivity index (χ0) is 104. The molecule has 3 N–H and O–H groups in total. The van der Waals surface area contributed by atoms with Crippen LogP contribution in [0.4, 0.5) is 30.7 Å². The number of ether oxygens (including phenoxy) is 10. The van der Waals surface area contributed by atoms with Crippen molar-refractivity contribution in [3.8, 4) is 104 Å². The molecule has 0 aliphatic carbocycles. The standard InChI is InChI=1S/C24H19F3N2O3.C23H19BrF3NO3.C14H10BrNO2.C14H11BrO4.C14H9BrO3.C7H3BrFN.C7H8O2.C2H6O.CH2Cl2/c1-31-19-4-2-3-18-21(17-8-5-13(12-28)9-20(17)32-22(18)19)14-10-15-6-7-16(11-14)29(15)23(30)24(25,26)27;1-30-18-4-2-3-17-20(16-8-5-13(24)11-19(16)31-21(17)18)12-9-14-6-7-15(10-12)28(14)22(29)23(25,26)27;1-17-12-4-2-3-5-13(12)18-14-8-11(15)7-6-10(14)9-16;1-18-11-4-2-3-5-12(11)19-13-8-9(15)6-7-10(13)14(16)17;1-17-11-4-2-3-10-13(16)9-6-5-8(15)7-12(9)18-14(10)11;8-6-2-1-5(4-10)7(9)3-6;1-9-7-5-3-2-4-6(7)8;1-2-3;2-1-3/h2-5,8-9,15-16H,6-7,10-11H2,1H3;2-5,8,11,14-15H,6-7,9-10H2,1H3;2-8H,1H3;2-8H,1H3,(H,16,17);2-7H,1H3;1-3H;2-5,8H,1H3;3H,2H2,1H3;1H2. The molecule has 12 aromatic carbocycles. The van der Waals surface area contributed by atoms with E-state index in [1.54, 1.807) is 174 Å². The molecule has 13 aromatic rings. The van der Waals surface area contributed by atoms with Crippen LogP contribution < -0.4 is 52.8 Å². The van der Waals surface area contributed by atoms with Gasteiger partial charge in [0.2, 0.25) is 5.43 Å². The summed E-state index contributed by atoms with van der Waals surface area (Å²) in [6.45, 7) is 1.93. The number of nitriles is 3. The number of carboxylic acid groups (broad SMARTS) is 1. The molecular weight excluding hydrogens is 2230 g/mol. The number of nitrogens with zero attached hydrogens (tertiary/aromatic N) is 5. The minimum absolute atomic E-state index is 0.0438. The number of hydrogen-bond acceptors (Lipinski definition) is 20. The number of carboxylic acids is 1. The molecule has 4 atom stereocenters. The molecule has 4 bridgehead atoms. The average Bonchev–Trinajstić information content (AvgIpc) is 1.73.